The number of alkyl carbamates (subject to hydrolysis) is 1. The first-order valence-corrected chi connectivity index (χ1v) is 9.08. The lowest BCUT2D eigenvalue weighted by atomic mass is 9.93. The summed E-state index contributed by atoms with van der Waals surface area (Å²) in [4.78, 5) is 12.2. The van der Waals surface area contributed by atoms with Gasteiger partial charge in [-0.1, -0.05) is 18.2 Å². The third kappa shape index (κ3) is 4.77. The number of alkyl halides is 3. The molecule has 1 atom stereocenters. The highest BCUT2D eigenvalue weighted by molar-refractivity contribution is 5.73. The van der Waals surface area contributed by atoms with Crippen LogP contribution in [0.4, 0.5) is 23.7 Å². The van der Waals surface area contributed by atoms with Crippen molar-refractivity contribution in [2.24, 2.45) is 0 Å². The summed E-state index contributed by atoms with van der Waals surface area (Å²) >= 11 is 0. The van der Waals surface area contributed by atoms with E-state index in [0.717, 1.165) is 28.9 Å². The maximum Gasteiger partial charge on any atom is 0.416 e. The molecule has 0 radical (unpaired) electrons. The van der Waals surface area contributed by atoms with Crippen LogP contribution in [-0.2, 0) is 10.9 Å². The molecule has 7 heteroatoms. The molecule has 0 aliphatic carbocycles. The normalized spacial score (nSPS) is 16.7. The molecule has 0 fully saturated rings. The SMILES string of the molecule is CC(C)(C)OC(=O)NC1CCNc2ccc(-c3ccc(C(F)(F)F)cc3)cc21. The quantitative estimate of drug-likeness (QED) is 0.684. The van der Waals surface area contributed by atoms with E-state index in [-0.39, 0.29) is 6.04 Å². The van der Waals surface area contributed by atoms with Crippen molar-refractivity contribution in [3.63, 3.8) is 0 Å². The summed E-state index contributed by atoms with van der Waals surface area (Å²) in [5.74, 6) is 0. The van der Waals surface area contributed by atoms with Crippen LogP contribution in [0.15, 0.2) is 42.5 Å². The predicted octanol–water partition coefficient (Wildman–Crippen LogP) is 5.75. The maximum absolute atomic E-state index is 12.8. The van der Waals surface area contributed by atoms with Crippen LogP contribution in [0, 0.1) is 0 Å². The predicted molar refractivity (Wildman–Crippen MR) is 102 cm³/mol. The van der Waals surface area contributed by atoms with E-state index < -0.39 is 23.4 Å². The Hall–Kier alpha value is -2.70. The van der Waals surface area contributed by atoms with Gasteiger partial charge in [0.25, 0.3) is 0 Å². The molecule has 28 heavy (non-hydrogen) atoms. The minimum Gasteiger partial charge on any atom is -0.444 e. The first-order chi connectivity index (χ1) is 13.0. The minimum atomic E-state index is -4.36. The second kappa shape index (κ2) is 7.37. The third-order valence-electron chi connectivity index (χ3n) is 4.41. The molecule has 2 N–H and O–H groups in total. The van der Waals surface area contributed by atoms with Crippen LogP contribution in [0.3, 0.4) is 0 Å². The summed E-state index contributed by atoms with van der Waals surface area (Å²) in [5, 5.41) is 6.17. The lowest BCUT2D eigenvalue weighted by molar-refractivity contribution is -0.137. The number of fused-ring (bicyclic) bond motifs is 1. The van der Waals surface area contributed by atoms with Gasteiger partial charge in [-0.15, -0.1) is 0 Å². The number of anilines is 1. The van der Waals surface area contributed by atoms with Crippen molar-refractivity contribution in [3.05, 3.63) is 53.6 Å². The summed E-state index contributed by atoms with van der Waals surface area (Å²) in [6.07, 6.45) is -4.17. The van der Waals surface area contributed by atoms with Gasteiger partial charge in [-0.2, -0.15) is 13.2 Å². The Labute approximate surface area is 162 Å². The lowest BCUT2D eigenvalue weighted by Gasteiger charge is -2.29. The first kappa shape index (κ1) is 20.0. The van der Waals surface area contributed by atoms with E-state index in [4.69, 9.17) is 4.74 Å². The van der Waals surface area contributed by atoms with Crippen molar-refractivity contribution in [1.82, 2.24) is 5.32 Å². The standard InChI is InChI=1S/C21H23F3N2O2/c1-20(2,3)28-19(27)26-18-10-11-25-17-9-6-14(12-16(17)18)13-4-7-15(8-5-13)21(22,23)24/h4-9,12,18,25H,10-11H2,1-3H3,(H,26,27). The van der Waals surface area contributed by atoms with Gasteiger partial charge in [0.1, 0.15) is 5.60 Å². The summed E-state index contributed by atoms with van der Waals surface area (Å²) in [6.45, 7) is 6.09. The number of carbonyl (C=O) groups is 1. The molecule has 150 valence electrons. The molecule has 0 spiro atoms. The molecule has 3 rings (SSSR count). The molecule has 0 saturated heterocycles. The monoisotopic (exact) mass is 392 g/mol. The summed E-state index contributed by atoms with van der Waals surface area (Å²) in [5.41, 5.74) is 1.96. The van der Waals surface area contributed by atoms with Crippen LogP contribution in [0.25, 0.3) is 11.1 Å². The molecule has 1 amide bonds. The van der Waals surface area contributed by atoms with E-state index in [9.17, 15) is 18.0 Å². The highest BCUT2D eigenvalue weighted by atomic mass is 19.4. The number of hydrogen-bond donors (Lipinski definition) is 2. The Morgan fingerprint density at radius 3 is 2.32 bits per heavy atom. The Morgan fingerprint density at radius 1 is 1.07 bits per heavy atom. The Kier molecular flexibility index (Phi) is 5.28. The van der Waals surface area contributed by atoms with Gasteiger partial charge in [0.15, 0.2) is 0 Å². The molecule has 1 unspecified atom stereocenters. The van der Waals surface area contributed by atoms with Crippen LogP contribution in [-0.4, -0.2) is 18.2 Å². The smallest absolute Gasteiger partial charge is 0.416 e. The zero-order chi connectivity index (χ0) is 20.5. The number of benzene rings is 2. The summed E-state index contributed by atoms with van der Waals surface area (Å²) < 4.78 is 43.7. The zero-order valence-corrected chi connectivity index (χ0v) is 16.0. The van der Waals surface area contributed by atoms with Gasteiger partial charge in [-0.25, -0.2) is 4.79 Å². The van der Waals surface area contributed by atoms with Crippen LogP contribution < -0.4 is 10.6 Å². The molecule has 4 nitrogen and oxygen atoms in total. The second-order valence-electron chi connectivity index (χ2n) is 7.79. The van der Waals surface area contributed by atoms with Gasteiger partial charge >= 0.3 is 12.3 Å². The maximum atomic E-state index is 12.8. The van der Waals surface area contributed by atoms with Crippen molar-refractivity contribution in [2.45, 2.75) is 45.0 Å². The Bertz CT molecular complexity index is 855. The van der Waals surface area contributed by atoms with E-state index in [1.807, 2.05) is 18.2 Å². The topological polar surface area (TPSA) is 50.4 Å². The molecular weight excluding hydrogens is 369 g/mol. The van der Waals surface area contributed by atoms with Crippen molar-refractivity contribution < 1.29 is 22.7 Å². The van der Waals surface area contributed by atoms with Crippen LogP contribution in [0.2, 0.25) is 0 Å². The van der Waals surface area contributed by atoms with Gasteiger partial charge in [0.2, 0.25) is 0 Å². The number of rotatable bonds is 2. The molecule has 0 saturated carbocycles. The van der Waals surface area contributed by atoms with Crippen molar-refractivity contribution in [1.29, 1.82) is 0 Å². The average Bonchev–Trinajstić information content (AvgIpc) is 2.59. The van der Waals surface area contributed by atoms with Gasteiger partial charge < -0.3 is 15.4 Å². The number of nitrogens with one attached hydrogen (secondary N) is 2. The van der Waals surface area contributed by atoms with E-state index in [1.54, 1.807) is 20.8 Å². The van der Waals surface area contributed by atoms with Crippen LogP contribution >= 0.6 is 0 Å². The fourth-order valence-corrected chi connectivity index (χ4v) is 3.15. The summed E-state index contributed by atoms with van der Waals surface area (Å²) in [7, 11) is 0. The van der Waals surface area contributed by atoms with Crippen molar-refractivity contribution >= 4 is 11.8 Å². The molecule has 2 aromatic rings. The molecule has 1 aliphatic heterocycles. The van der Waals surface area contributed by atoms with E-state index in [1.165, 1.54) is 12.1 Å². The van der Waals surface area contributed by atoms with E-state index >= 15 is 0 Å². The molecule has 2 aromatic carbocycles. The van der Waals surface area contributed by atoms with Gasteiger partial charge in [0, 0.05) is 12.2 Å². The largest absolute Gasteiger partial charge is 0.444 e. The number of amides is 1. The van der Waals surface area contributed by atoms with E-state index in [0.29, 0.717) is 18.5 Å². The fourth-order valence-electron chi connectivity index (χ4n) is 3.15. The second-order valence-corrected chi connectivity index (χ2v) is 7.79. The molecule has 0 bridgehead atoms. The van der Waals surface area contributed by atoms with E-state index in [2.05, 4.69) is 10.6 Å². The number of carbonyl (C=O) groups excluding carboxylic acids is 1. The lowest BCUT2D eigenvalue weighted by Crippen LogP contribution is -2.37. The fraction of sp³-hybridized carbons (Fsp3) is 0.381. The van der Waals surface area contributed by atoms with Crippen molar-refractivity contribution in [3.8, 4) is 11.1 Å². The van der Waals surface area contributed by atoms with Crippen LogP contribution in [0.1, 0.15) is 44.4 Å². The zero-order valence-electron chi connectivity index (χ0n) is 16.0. The van der Waals surface area contributed by atoms with Crippen LogP contribution in [0.5, 0.6) is 0 Å². The third-order valence-corrected chi connectivity index (χ3v) is 4.41. The van der Waals surface area contributed by atoms with Crippen molar-refractivity contribution in [2.75, 3.05) is 11.9 Å². The Morgan fingerprint density at radius 2 is 1.71 bits per heavy atom. The Balaban J connectivity index is 1.85. The highest BCUT2D eigenvalue weighted by Crippen LogP contribution is 2.35. The molecular formula is C21H23F3N2O2. The highest BCUT2D eigenvalue weighted by Gasteiger charge is 2.30. The average molecular weight is 392 g/mol. The number of ether oxygens (including phenoxy) is 1. The van der Waals surface area contributed by atoms with Gasteiger partial charge in [-0.3, -0.25) is 0 Å². The van der Waals surface area contributed by atoms with Gasteiger partial charge in [-0.05, 0) is 68.1 Å². The molecule has 1 aliphatic rings. The molecule has 1 heterocycles. The van der Waals surface area contributed by atoms with Gasteiger partial charge in [0.05, 0.1) is 11.6 Å². The number of halogens is 3. The first-order valence-electron chi connectivity index (χ1n) is 9.08. The minimum absolute atomic E-state index is 0.236. The molecule has 0 aromatic heterocycles. The summed E-state index contributed by atoms with van der Waals surface area (Å²) in [6, 6.07) is 10.4. The number of hydrogen-bond acceptors (Lipinski definition) is 3.